The van der Waals surface area contributed by atoms with E-state index in [0.29, 0.717) is 19.0 Å². The van der Waals surface area contributed by atoms with Gasteiger partial charge in [-0.3, -0.25) is 4.99 Å². The third-order valence-electron chi connectivity index (χ3n) is 2.25. The lowest BCUT2D eigenvalue weighted by Gasteiger charge is -2.11. The number of nitrogens with zero attached hydrogens (tertiary/aromatic N) is 1. The molecule has 9 heteroatoms. The maximum absolute atomic E-state index is 10.9. The van der Waals surface area contributed by atoms with Crippen LogP contribution >= 0.6 is 35.3 Å². The molecular formula is C11H21IN4O2S2. The number of rotatable bonds is 7. The molecule has 0 aliphatic heterocycles. The molecule has 116 valence electrons. The van der Waals surface area contributed by atoms with Crippen molar-refractivity contribution in [2.45, 2.75) is 6.42 Å². The minimum atomic E-state index is -3.12. The molecule has 1 rings (SSSR count). The fourth-order valence-corrected chi connectivity index (χ4v) is 2.58. The predicted molar refractivity (Wildman–Crippen MR) is 95.6 cm³/mol. The summed E-state index contributed by atoms with van der Waals surface area (Å²) in [5.74, 6) is 0.673. The van der Waals surface area contributed by atoms with Gasteiger partial charge in [-0.1, -0.05) is 6.07 Å². The minimum absolute atomic E-state index is 0. The van der Waals surface area contributed by atoms with Crippen molar-refractivity contribution in [3.05, 3.63) is 22.4 Å². The van der Waals surface area contributed by atoms with Gasteiger partial charge < -0.3 is 10.6 Å². The molecule has 0 aliphatic rings. The Morgan fingerprint density at radius 3 is 2.55 bits per heavy atom. The quantitative estimate of drug-likeness (QED) is 0.256. The van der Waals surface area contributed by atoms with E-state index in [9.17, 15) is 8.42 Å². The zero-order valence-corrected chi connectivity index (χ0v) is 15.5. The van der Waals surface area contributed by atoms with Crippen molar-refractivity contribution >= 4 is 51.3 Å². The summed E-state index contributed by atoms with van der Waals surface area (Å²) in [5.41, 5.74) is 0. The molecule has 0 amide bonds. The molecule has 0 atom stereocenters. The number of aliphatic imine (C=N–C) groups is 1. The van der Waals surface area contributed by atoms with Crippen molar-refractivity contribution in [3.63, 3.8) is 0 Å². The first-order valence-corrected chi connectivity index (χ1v) is 8.70. The zero-order valence-electron chi connectivity index (χ0n) is 11.5. The maximum Gasteiger partial charge on any atom is 0.208 e. The Morgan fingerprint density at radius 2 is 2.00 bits per heavy atom. The highest BCUT2D eigenvalue weighted by Gasteiger charge is 2.01. The summed E-state index contributed by atoms with van der Waals surface area (Å²) in [4.78, 5) is 5.38. The number of guanidine groups is 1. The highest BCUT2D eigenvalue weighted by molar-refractivity contribution is 14.0. The molecule has 1 heterocycles. The molecule has 6 nitrogen and oxygen atoms in total. The van der Waals surface area contributed by atoms with Crippen molar-refractivity contribution in [2.24, 2.45) is 4.99 Å². The predicted octanol–water partition coefficient (Wildman–Crippen LogP) is 0.623. The van der Waals surface area contributed by atoms with Gasteiger partial charge in [0.25, 0.3) is 0 Å². The average Bonchev–Trinajstić information content (AvgIpc) is 2.84. The second-order valence-corrected chi connectivity index (χ2v) is 6.79. The third-order valence-corrected chi connectivity index (χ3v) is 3.91. The van der Waals surface area contributed by atoms with Crippen LogP contribution in [0.2, 0.25) is 0 Å². The van der Waals surface area contributed by atoms with Crippen molar-refractivity contribution in [1.82, 2.24) is 15.4 Å². The van der Waals surface area contributed by atoms with Gasteiger partial charge in [0.2, 0.25) is 10.0 Å². The van der Waals surface area contributed by atoms with Gasteiger partial charge in [0.1, 0.15) is 0 Å². The maximum atomic E-state index is 10.9. The van der Waals surface area contributed by atoms with Gasteiger partial charge in [-0.05, 0) is 17.9 Å². The highest BCUT2D eigenvalue weighted by Crippen LogP contribution is 2.07. The highest BCUT2D eigenvalue weighted by atomic mass is 127. The van der Waals surface area contributed by atoms with Crippen LogP contribution in [-0.2, 0) is 16.4 Å². The van der Waals surface area contributed by atoms with Gasteiger partial charge in [0.15, 0.2) is 5.96 Å². The van der Waals surface area contributed by atoms with Crippen molar-refractivity contribution in [3.8, 4) is 0 Å². The Balaban J connectivity index is 0.00000361. The molecule has 0 aliphatic carbocycles. The van der Waals surface area contributed by atoms with Gasteiger partial charge in [-0.2, -0.15) is 0 Å². The molecule has 0 saturated heterocycles. The van der Waals surface area contributed by atoms with Crippen LogP contribution in [0.1, 0.15) is 4.88 Å². The minimum Gasteiger partial charge on any atom is -0.356 e. The third kappa shape index (κ3) is 9.50. The van der Waals surface area contributed by atoms with Crippen molar-refractivity contribution in [2.75, 3.05) is 32.9 Å². The second kappa shape index (κ2) is 10.4. The standard InChI is InChI=1S/C11H20N4O2S2.HI/c1-12-11(14-7-8-15-19(2,16)17)13-6-5-10-4-3-9-18-10;/h3-4,9,15H,5-8H2,1-2H3,(H2,12,13,14);1H. The number of halogens is 1. The van der Waals surface area contributed by atoms with E-state index in [4.69, 9.17) is 0 Å². The molecule has 0 radical (unpaired) electrons. The Bertz CT molecular complexity index is 489. The van der Waals surface area contributed by atoms with Crippen LogP contribution in [0.25, 0.3) is 0 Å². The summed E-state index contributed by atoms with van der Waals surface area (Å²) in [6.45, 7) is 1.62. The largest absolute Gasteiger partial charge is 0.356 e. The van der Waals surface area contributed by atoms with E-state index in [1.807, 2.05) is 6.07 Å². The van der Waals surface area contributed by atoms with Crippen molar-refractivity contribution in [1.29, 1.82) is 0 Å². The summed E-state index contributed by atoms with van der Waals surface area (Å²) >= 11 is 1.73. The fraction of sp³-hybridized carbons (Fsp3) is 0.545. The van der Waals surface area contributed by atoms with E-state index in [-0.39, 0.29) is 24.0 Å². The fourth-order valence-electron chi connectivity index (χ4n) is 1.40. The Hall–Kier alpha value is -0.390. The molecule has 0 bridgehead atoms. The first-order chi connectivity index (χ1) is 9.01. The number of thiophene rings is 1. The summed E-state index contributed by atoms with van der Waals surface area (Å²) in [5, 5.41) is 8.27. The van der Waals surface area contributed by atoms with Crippen LogP contribution in [0.4, 0.5) is 0 Å². The lowest BCUT2D eigenvalue weighted by atomic mass is 10.3. The molecule has 3 N–H and O–H groups in total. The van der Waals surface area contributed by atoms with Gasteiger partial charge >= 0.3 is 0 Å². The van der Waals surface area contributed by atoms with E-state index >= 15 is 0 Å². The second-order valence-electron chi connectivity index (χ2n) is 3.92. The summed E-state index contributed by atoms with van der Waals surface area (Å²) < 4.78 is 24.1. The Labute approximate surface area is 141 Å². The molecule has 0 fully saturated rings. The van der Waals surface area contributed by atoms with Crippen LogP contribution in [0, 0.1) is 0 Å². The Morgan fingerprint density at radius 1 is 1.30 bits per heavy atom. The molecule has 0 aromatic carbocycles. The van der Waals surface area contributed by atoms with E-state index in [2.05, 4.69) is 31.8 Å². The number of hydrogen-bond acceptors (Lipinski definition) is 4. The smallest absolute Gasteiger partial charge is 0.208 e. The lowest BCUT2D eigenvalue weighted by molar-refractivity contribution is 0.586. The van der Waals surface area contributed by atoms with E-state index in [0.717, 1.165) is 19.2 Å². The van der Waals surface area contributed by atoms with Crippen LogP contribution in [0.15, 0.2) is 22.5 Å². The topological polar surface area (TPSA) is 82.6 Å². The van der Waals surface area contributed by atoms with E-state index in [1.54, 1.807) is 18.4 Å². The first kappa shape index (κ1) is 19.6. The normalized spacial score (nSPS) is 11.8. The SMILES string of the molecule is CN=C(NCCNS(C)(=O)=O)NCCc1cccs1.I. The van der Waals surface area contributed by atoms with Crippen LogP contribution < -0.4 is 15.4 Å². The average molecular weight is 432 g/mol. The number of sulfonamides is 1. The monoisotopic (exact) mass is 432 g/mol. The van der Waals surface area contributed by atoms with Crippen LogP contribution in [0.3, 0.4) is 0 Å². The van der Waals surface area contributed by atoms with Gasteiger partial charge in [0.05, 0.1) is 6.26 Å². The summed E-state index contributed by atoms with van der Waals surface area (Å²) in [6.07, 6.45) is 2.08. The zero-order chi connectivity index (χ0) is 14.1. The molecule has 0 spiro atoms. The molecule has 0 unspecified atom stereocenters. The van der Waals surface area contributed by atoms with E-state index < -0.39 is 10.0 Å². The number of nitrogens with one attached hydrogen (secondary N) is 3. The molecule has 1 aromatic heterocycles. The van der Waals surface area contributed by atoms with Gasteiger partial charge in [0, 0.05) is 31.6 Å². The van der Waals surface area contributed by atoms with Crippen molar-refractivity contribution < 1.29 is 8.42 Å². The van der Waals surface area contributed by atoms with Gasteiger partial charge in [-0.15, -0.1) is 35.3 Å². The summed E-state index contributed by atoms with van der Waals surface area (Å²) in [7, 11) is -1.44. The van der Waals surface area contributed by atoms with Crippen LogP contribution in [-0.4, -0.2) is 47.3 Å². The van der Waals surface area contributed by atoms with E-state index in [1.165, 1.54) is 4.88 Å². The summed E-state index contributed by atoms with van der Waals surface area (Å²) in [6, 6.07) is 4.13. The van der Waals surface area contributed by atoms with Gasteiger partial charge in [-0.25, -0.2) is 13.1 Å². The number of hydrogen-bond donors (Lipinski definition) is 3. The molecular weight excluding hydrogens is 411 g/mol. The Kier molecular flexibility index (Phi) is 10.2. The molecule has 1 aromatic rings. The first-order valence-electron chi connectivity index (χ1n) is 5.93. The molecule has 0 saturated carbocycles. The lowest BCUT2D eigenvalue weighted by Crippen LogP contribution is -2.41. The molecule has 20 heavy (non-hydrogen) atoms. The van der Waals surface area contributed by atoms with Crippen LogP contribution in [0.5, 0.6) is 0 Å².